The molecule has 0 unspecified atom stereocenters. The summed E-state index contributed by atoms with van der Waals surface area (Å²) in [5, 5.41) is 11.1. The molecule has 0 atom stereocenters. The maximum Gasteiger partial charge on any atom is 0.341 e. The van der Waals surface area contributed by atoms with E-state index in [-0.39, 0.29) is 22.7 Å². The van der Waals surface area contributed by atoms with E-state index in [1.54, 1.807) is 25.1 Å². The predicted octanol–water partition coefficient (Wildman–Crippen LogP) is 4.24. The van der Waals surface area contributed by atoms with Gasteiger partial charge in [0.1, 0.15) is 11.3 Å². The minimum absolute atomic E-state index is 0.0545. The second kappa shape index (κ2) is 6.57. The van der Waals surface area contributed by atoms with Crippen molar-refractivity contribution in [2.45, 2.75) is 6.92 Å². The van der Waals surface area contributed by atoms with Crippen molar-refractivity contribution in [2.75, 3.05) is 7.11 Å². The van der Waals surface area contributed by atoms with Crippen molar-refractivity contribution in [2.24, 2.45) is 0 Å². The topological polar surface area (TPSA) is 78.7 Å². The van der Waals surface area contributed by atoms with Gasteiger partial charge in [-0.3, -0.25) is 10.1 Å². The quantitative estimate of drug-likeness (QED) is 0.459. The van der Waals surface area contributed by atoms with Crippen LogP contribution in [0.2, 0.25) is 0 Å². The van der Waals surface area contributed by atoms with Gasteiger partial charge in [-0.05, 0) is 36.8 Å². The summed E-state index contributed by atoms with van der Waals surface area (Å²) < 4.78 is 10.9. The number of hydrogen-bond donors (Lipinski definition) is 0. The number of ether oxygens (including phenoxy) is 2. The molecule has 0 N–H and O–H groups in total. The first-order valence-electron chi connectivity index (χ1n) is 6.23. The van der Waals surface area contributed by atoms with Crippen LogP contribution in [0.3, 0.4) is 0 Å². The van der Waals surface area contributed by atoms with Gasteiger partial charge >= 0.3 is 11.7 Å². The van der Waals surface area contributed by atoms with Crippen LogP contribution in [0.5, 0.6) is 11.5 Å². The van der Waals surface area contributed by atoms with E-state index in [2.05, 4.69) is 20.7 Å². The van der Waals surface area contributed by atoms with Crippen molar-refractivity contribution >= 4 is 27.6 Å². The van der Waals surface area contributed by atoms with Crippen LogP contribution in [0.15, 0.2) is 40.9 Å². The molecule has 0 aliphatic rings. The number of nitro benzene ring substituents is 1. The first-order valence-corrected chi connectivity index (χ1v) is 7.02. The smallest absolute Gasteiger partial charge is 0.341 e. The molecule has 0 amide bonds. The Morgan fingerprint density at radius 2 is 1.91 bits per heavy atom. The Kier molecular flexibility index (Phi) is 4.77. The molecule has 0 aliphatic heterocycles. The van der Waals surface area contributed by atoms with E-state index in [0.717, 1.165) is 5.56 Å². The van der Waals surface area contributed by atoms with Crippen LogP contribution in [0.4, 0.5) is 5.69 Å². The van der Waals surface area contributed by atoms with E-state index in [1.807, 2.05) is 0 Å². The fraction of sp³-hybridized carbons (Fsp3) is 0.133. The van der Waals surface area contributed by atoms with Gasteiger partial charge in [-0.1, -0.05) is 22.0 Å². The lowest BCUT2D eigenvalue weighted by molar-refractivity contribution is -0.385. The SMILES string of the molecule is COC(=O)c1ccc(Br)cc1Oc1ccc(C)cc1[N+](=O)[O-]. The molecule has 0 radical (unpaired) electrons. The molecule has 0 saturated carbocycles. The highest BCUT2D eigenvalue weighted by Gasteiger charge is 2.20. The molecule has 0 aliphatic carbocycles. The zero-order valence-corrected chi connectivity index (χ0v) is 13.4. The van der Waals surface area contributed by atoms with Gasteiger partial charge in [0.2, 0.25) is 5.75 Å². The maximum atomic E-state index is 11.8. The molecular weight excluding hydrogens is 354 g/mol. The van der Waals surface area contributed by atoms with E-state index in [1.165, 1.54) is 25.3 Å². The number of carbonyl (C=O) groups excluding carboxylic acids is 1. The zero-order valence-electron chi connectivity index (χ0n) is 11.8. The molecule has 114 valence electrons. The monoisotopic (exact) mass is 365 g/mol. The van der Waals surface area contributed by atoms with Crippen LogP contribution in [-0.4, -0.2) is 18.0 Å². The van der Waals surface area contributed by atoms with Crippen molar-refractivity contribution in [1.29, 1.82) is 0 Å². The fourth-order valence-corrected chi connectivity index (χ4v) is 2.17. The number of aryl methyl sites for hydroxylation is 1. The van der Waals surface area contributed by atoms with E-state index < -0.39 is 10.9 Å². The van der Waals surface area contributed by atoms with Gasteiger partial charge in [0, 0.05) is 10.5 Å². The number of halogens is 1. The third-order valence-corrected chi connectivity index (χ3v) is 3.37. The predicted molar refractivity (Wildman–Crippen MR) is 83.4 cm³/mol. The Morgan fingerprint density at radius 1 is 1.18 bits per heavy atom. The molecule has 0 fully saturated rings. The molecule has 0 spiro atoms. The van der Waals surface area contributed by atoms with Crippen LogP contribution < -0.4 is 4.74 Å². The Bertz CT molecular complexity index is 745. The molecule has 7 heteroatoms. The molecule has 6 nitrogen and oxygen atoms in total. The largest absolute Gasteiger partial charge is 0.465 e. The van der Waals surface area contributed by atoms with Crippen molar-refractivity contribution in [3.63, 3.8) is 0 Å². The molecule has 0 heterocycles. The third-order valence-electron chi connectivity index (χ3n) is 2.88. The lowest BCUT2D eigenvalue weighted by Gasteiger charge is -2.11. The lowest BCUT2D eigenvalue weighted by Crippen LogP contribution is -2.04. The van der Waals surface area contributed by atoms with Gasteiger partial charge in [-0.2, -0.15) is 0 Å². The van der Waals surface area contributed by atoms with Gasteiger partial charge in [-0.15, -0.1) is 0 Å². The number of hydrogen-bond acceptors (Lipinski definition) is 5. The van der Waals surface area contributed by atoms with E-state index in [9.17, 15) is 14.9 Å². The molecule has 22 heavy (non-hydrogen) atoms. The van der Waals surface area contributed by atoms with Crippen LogP contribution in [0.1, 0.15) is 15.9 Å². The first kappa shape index (κ1) is 16.0. The zero-order chi connectivity index (χ0) is 16.3. The van der Waals surface area contributed by atoms with Crippen LogP contribution in [0.25, 0.3) is 0 Å². The number of nitro groups is 1. The molecule has 2 aromatic carbocycles. The minimum Gasteiger partial charge on any atom is -0.465 e. The Labute approximate surface area is 134 Å². The summed E-state index contributed by atoms with van der Waals surface area (Å²) in [4.78, 5) is 22.4. The molecule has 0 bridgehead atoms. The second-order valence-corrected chi connectivity index (χ2v) is 5.38. The molecule has 0 saturated heterocycles. The van der Waals surface area contributed by atoms with Crippen LogP contribution >= 0.6 is 15.9 Å². The van der Waals surface area contributed by atoms with Crippen LogP contribution in [0, 0.1) is 17.0 Å². The highest BCUT2D eigenvalue weighted by Crippen LogP contribution is 2.35. The summed E-state index contributed by atoms with van der Waals surface area (Å²) in [6.45, 7) is 1.75. The average molecular weight is 366 g/mol. The molecule has 0 aromatic heterocycles. The number of esters is 1. The van der Waals surface area contributed by atoms with Crippen molar-refractivity contribution in [1.82, 2.24) is 0 Å². The van der Waals surface area contributed by atoms with Gasteiger partial charge < -0.3 is 9.47 Å². The highest BCUT2D eigenvalue weighted by atomic mass is 79.9. The third kappa shape index (κ3) is 3.43. The first-order chi connectivity index (χ1) is 10.4. The lowest BCUT2D eigenvalue weighted by atomic mass is 10.2. The van der Waals surface area contributed by atoms with Gasteiger partial charge in [0.25, 0.3) is 0 Å². The highest BCUT2D eigenvalue weighted by molar-refractivity contribution is 9.10. The number of benzene rings is 2. The fourth-order valence-electron chi connectivity index (χ4n) is 1.83. The molecule has 2 rings (SSSR count). The van der Waals surface area contributed by atoms with E-state index in [0.29, 0.717) is 4.47 Å². The summed E-state index contributed by atoms with van der Waals surface area (Å²) in [7, 11) is 1.25. The average Bonchev–Trinajstić information content (AvgIpc) is 2.48. The number of carbonyl (C=O) groups is 1. The summed E-state index contributed by atoms with van der Waals surface area (Å²) in [5.74, 6) is -0.357. The summed E-state index contributed by atoms with van der Waals surface area (Å²) in [6.07, 6.45) is 0. The summed E-state index contributed by atoms with van der Waals surface area (Å²) >= 11 is 3.27. The Hall–Kier alpha value is -2.41. The number of methoxy groups -OCH3 is 1. The van der Waals surface area contributed by atoms with Gasteiger partial charge in [0.15, 0.2) is 0 Å². The molecular formula is C15H12BrNO5. The summed E-state index contributed by atoms with van der Waals surface area (Å²) in [5.41, 5.74) is 0.748. The molecule has 2 aromatic rings. The van der Waals surface area contributed by atoms with Crippen molar-refractivity contribution in [3.8, 4) is 11.5 Å². The number of rotatable bonds is 4. The second-order valence-electron chi connectivity index (χ2n) is 4.46. The van der Waals surface area contributed by atoms with Gasteiger partial charge in [-0.25, -0.2) is 4.79 Å². The Morgan fingerprint density at radius 3 is 2.55 bits per heavy atom. The minimum atomic E-state index is -0.586. The number of nitrogens with zero attached hydrogens (tertiary/aromatic N) is 1. The maximum absolute atomic E-state index is 11.8. The Balaban J connectivity index is 2.49. The van der Waals surface area contributed by atoms with Crippen molar-refractivity contribution in [3.05, 3.63) is 62.1 Å². The van der Waals surface area contributed by atoms with Crippen LogP contribution in [-0.2, 0) is 4.74 Å². The van der Waals surface area contributed by atoms with Crippen molar-refractivity contribution < 1.29 is 19.2 Å². The standard InChI is InChI=1S/C15H12BrNO5/c1-9-3-6-13(12(7-9)17(19)20)22-14-8-10(16)4-5-11(14)15(18)21-2/h3-8H,1-2H3. The normalized spacial score (nSPS) is 10.1. The van der Waals surface area contributed by atoms with E-state index in [4.69, 9.17) is 4.74 Å². The summed E-state index contributed by atoms with van der Waals surface area (Å²) in [6, 6.07) is 9.32. The van der Waals surface area contributed by atoms with Gasteiger partial charge in [0.05, 0.1) is 12.0 Å². The van der Waals surface area contributed by atoms with E-state index >= 15 is 0 Å².